The van der Waals surface area contributed by atoms with E-state index in [9.17, 15) is 20.1 Å². The number of aliphatic hydroxyl groups is 4. The van der Waals surface area contributed by atoms with Crippen LogP contribution in [0.25, 0.3) is 0 Å². The topological polar surface area (TPSA) is 165 Å². The number of aliphatic hydroxyl groups excluding tert-OH is 4. The van der Waals surface area contributed by atoms with Crippen molar-refractivity contribution in [3.8, 4) is 0 Å². The number of hydrogen-bond acceptors (Lipinski definition) is 10. The Balaban J connectivity index is 2.00. The fourth-order valence-corrected chi connectivity index (χ4v) is 3.33. The molecule has 1 unspecified atom stereocenters. The van der Waals surface area contributed by atoms with E-state index < -0.39 is 42.3 Å². The van der Waals surface area contributed by atoms with Gasteiger partial charge in [-0.3, -0.25) is 14.7 Å². The monoisotopic (exact) mass is 318 g/mol. The van der Waals surface area contributed by atoms with E-state index in [2.05, 4.69) is 9.97 Å². The molecule has 0 saturated carbocycles. The van der Waals surface area contributed by atoms with Gasteiger partial charge >= 0.3 is 0 Å². The molecule has 2 aliphatic rings. The van der Waals surface area contributed by atoms with Gasteiger partial charge in [0.2, 0.25) is 5.95 Å². The summed E-state index contributed by atoms with van der Waals surface area (Å²) in [5.74, 6) is -0.0891. The van der Waals surface area contributed by atoms with Crippen LogP contribution in [0.15, 0.2) is 9.69 Å². The third-order valence-electron chi connectivity index (χ3n) is 3.37. The SMILES string of the molecule is Nc1nc2c(c(=O)[nH]1)SC(O)N2[C@@H]1O[C@H](CO)[C@@H](O)[C@H]1O. The first-order valence-corrected chi connectivity index (χ1v) is 6.97. The van der Waals surface area contributed by atoms with Crippen LogP contribution in [0.4, 0.5) is 11.8 Å². The molecule has 116 valence electrons. The van der Waals surface area contributed by atoms with Crippen LogP contribution in [0.3, 0.4) is 0 Å². The molecule has 1 saturated heterocycles. The van der Waals surface area contributed by atoms with Crippen LogP contribution in [0.2, 0.25) is 0 Å². The number of H-pyrrole nitrogens is 1. The van der Waals surface area contributed by atoms with Gasteiger partial charge in [0.25, 0.3) is 5.56 Å². The Morgan fingerprint density at radius 1 is 1.38 bits per heavy atom. The van der Waals surface area contributed by atoms with Gasteiger partial charge < -0.3 is 30.9 Å². The summed E-state index contributed by atoms with van der Waals surface area (Å²) in [5, 5.41) is 38.9. The number of rotatable bonds is 2. The van der Waals surface area contributed by atoms with Crippen LogP contribution < -0.4 is 16.2 Å². The molecule has 0 radical (unpaired) electrons. The van der Waals surface area contributed by atoms with E-state index in [4.69, 9.17) is 15.6 Å². The number of nitrogens with two attached hydrogens (primary N) is 1. The summed E-state index contributed by atoms with van der Waals surface area (Å²) < 4.78 is 5.34. The highest BCUT2D eigenvalue weighted by Crippen LogP contribution is 2.42. The first kappa shape index (κ1) is 14.6. The molecule has 0 aliphatic carbocycles. The molecule has 1 aromatic rings. The molecule has 3 rings (SSSR count). The highest BCUT2D eigenvalue weighted by Gasteiger charge is 2.50. The number of nitrogens with one attached hydrogen (secondary N) is 1. The second kappa shape index (κ2) is 5.12. The molecule has 0 amide bonds. The first-order chi connectivity index (χ1) is 9.93. The van der Waals surface area contributed by atoms with Crippen molar-refractivity contribution in [2.24, 2.45) is 0 Å². The molecular weight excluding hydrogens is 304 g/mol. The lowest BCUT2D eigenvalue weighted by Crippen LogP contribution is -2.47. The maximum Gasteiger partial charge on any atom is 0.268 e. The first-order valence-electron chi connectivity index (χ1n) is 6.09. The van der Waals surface area contributed by atoms with E-state index in [-0.39, 0.29) is 16.7 Å². The lowest BCUT2D eigenvalue weighted by Gasteiger charge is -2.29. The molecule has 10 nitrogen and oxygen atoms in total. The standard InChI is InChI=1S/C10H14N4O6S/c11-9-12-6-5(7(18)13-9)21-10(19)14(6)8-4(17)3(16)2(1-15)20-8/h2-4,8,10,15-17,19H,1H2,(H3,11,12,13,18)/t2-,3-,4-,8-,10?/m1/s1. The van der Waals surface area contributed by atoms with Crippen molar-refractivity contribution in [2.75, 3.05) is 17.2 Å². The average Bonchev–Trinajstić information content (AvgIpc) is 2.89. The zero-order valence-corrected chi connectivity index (χ0v) is 11.4. The lowest BCUT2D eigenvalue weighted by molar-refractivity contribution is -0.0287. The fraction of sp³-hybridized carbons (Fsp3) is 0.600. The molecule has 0 aromatic carbocycles. The van der Waals surface area contributed by atoms with E-state index in [1.165, 1.54) is 0 Å². The van der Waals surface area contributed by atoms with Gasteiger partial charge in [0.15, 0.2) is 17.6 Å². The van der Waals surface area contributed by atoms with Crippen molar-refractivity contribution in [2.45, 2.75) is 35.0 Å². The van der Waals surface area contributed by atoms with Gasteiger partial charge in [-0.2, -0.15) is 4.98 Å². The summed E-state index contributed by atoms with van der Waals surface area (Å²) in [6, 6.07) is 0. The molecule has 3 heterocycles. The molecule has 1 aromatic heterocycles. The molecule has 0 bridgehead atoms. The minimum absolute atomic E-state index is 0.0589. The highest BCUT2D eigenvalue weighted by molar-refractivity contribution is 8.00. The Kier molecular flexibility index (Phi) is 3.55. The van der Waals surface area contributed by atoms with E-state index in [1.807, 2.05) is 0 Å². The van der Waals surface area contributed by atoms with Crippen LogP contribution in [-0.2, 0) is 4.74 Å². The van der Waals surface area contributed by atoms with Gasteiger partial charge in [-0.15, -0.1) is 0 Å². The third-order valence-corrected chi connectivity index (χ3v) is 4.42. The van der Waals surface area contributed by atoms with E-state index in [0.717, 1.165) is 16.7 Å². The Morgan fingerprint density at radius 3 is 2.71 bits per heavy atom. The quantitative estimate of drug-likeness (QED) is 0.330. The molecular formula is C10H14N4O6S. The van der Waals surface area contributed by atoms with Crippen molar-refractivity contribution >= 4 is 23.5 Å². The summed E-state index contributed by atoms with van der Waals surface area (Å²) in [4.78, 5) is 19.3. The number of anilines is 2. The molecule has 11 heteroatoms. The summed E-state index contributed by atoms with van der Waals surface area (Å²) in [5.41, 5.74) is 3.72. The van der Waals surface area contributed by atoms with Gasteiger partial charge in [-0.05, 0) is 0 Å². The summed E-state index contributed by atoms with van der Waals surface area (Å²) in [6.07, 6.45) is -4.86. The maximum atomic E-state index is 11.8. The Morgan fingerprint density at radius 2 is 2.10 bits per heavy atom. The van der Waals surface area contributed by atoms with Crippen LogP contribution in [0.1, 0.15) is 0 Å². The number of nitrogen functional groups attached to an aromatic ring is 1. The Bertz CT molecular complexity index is 612. The fourth-order valence-electron chi connectivity index (χ4n) is 2.37. The normalized spacial score (nSPS) is 35.2. The smallest absolute Gasteiger partial charge is 0.268 e. The summed E-state index contributed by atoms with van der Waals surface area (Å²) in [6.45, 7) is -0.496. The summed E-state index contributed by atoms with van der Waals surface area (Å²) >= 11 is 0.818. The molecule has 21 heavy (non-hydrogen) atoms. The average molecular weight is 318 g/mol. The predicted octanol–water partition coefficient (Wildman–Crippen LogP) is -3.02. The molecule has 2 aliphatic heterocycles. The minimum atomic E-state index is -1.38. The highest BCUT2D eigenvalue weighted by atomic mass is 32.2. The van der Waals surface area contributed by atoms with Crippen molar-refractivity contribution in [3.63, 3.8) is 0 Å². The van der Waals surface area contributed by atoms with Crippen LogP contribution >= 0.6 is 11.8 Å². The van der Waals surface area contributed by atoms with E-state index in [1.54, 1.807) is 0 Å². The zero-order chi connectivity index (χ0) is 15.3. The van der Waals surface area contributed by atoms with Crippen molar-refractivity contribution in [1.29, 1.82) is 0 Å². The van der Waals surface area contributed by atoms with Crippen molar-refractivity contribution in [1.82, 2.24) is 9.97 Å². The largest absolute Gasteiger partial charge is 0.394 e. The number of ether oxygens (including phenoxy) is 1. The van der Waals surface area contributed by atoms with Gasteiger partial charge in [0.05, 0.1) is 6.61 Å². The molecule has 0 spiro atoms. The van der Waals surface area contributed by atoms with E-state index >= 15 is 0 Å². The maximum absolute atomic E-state index is 11.8. The number of nitrogens with zero attached hydrogens (tertiary/aromatic N) is 2. The van der Waals surface area contributed by atoms with Crippen molar-refractivity contribution < 1.29 is 25.2 Å². The molecule has 5 atom stereocenters. The third kappa shape index (κ3) is 2.18. The van der Waals surface area contributed by atoms with Gasteiger partial charge in [0, 0.05) is 0 Å². The number of aromatic nitrogens is 2. The van der Waals surface area contributed by atoms with Crippen LogP contribution in [-0.4, -0.2) is 67.1 Å². The molecule has 7 N–H and O–H groups in total. The Hall–Kier alpha value is -1.37. The lowest BCUT2D eigenvalue weighted by atomic mass is 10.1. The Labute approximate surface area is 122 Å². The van der Waals surface area contributed by atoms with Gasteiger partial charge in [0.1, 0.15) is 23.2 Å². The zero-order valence-electron chi connectivity index (χ0n) is 10.6. The number of fused-ring (bicyclic) bond motifs is 1. The van der Waals surface area contributed by atoms with E-state index in [0.29, 0.717) is 0 Å². The minimum Gasteiger partial charge on any atom is -0.394 e. The van der Waals surface area contributed by atoms with Gasteiger partial charge in [-0.25, -0.2) is 0 Å². The molecule has 1 fully saturated rings. The van der Waals surface area contributed by atoms with Crippen molar-refractivity contribution in [3.05, 3.63) is 10.4 Å². The second-order valence-corrected chi connectivity index (χ2v) is 5.75. The second-order valence-electron chi connectivity index (χ2n) is 4.68. The number of hydrogen-bond donors (Lipinski definition) is 6. The predicted molar refractivity (Wildman–Crippen MR) is 71.4 cm³/mol. The van der Waals surface area contributed by atoms with Crippen LogP contribution in [0.5, 0.6) is 0 Å². The number of thioether (sulfide) groups is 1. The van der Waals surface area contributed by atoms with Gasteiger partial charge in [-0.1, -0.05) is 11.8 Å². The summed E-state index contributed by atoms with van der Waals surface area (Å²) in [7, 11) is 0. The van der Waals surface area contributed by atoms with Crippen LogP contribution in [0, 0.1) is 0 Å². The number of aromatic amines is 1.